The number of alkyl halides is 2. The van der Waals surface area contributed by atoms with Crippen molar-refractivity contribution in [3.8, 4) is 0 Å². The van der Waals surface area contributed by atoms with Crippen LogP contribution >= 0.6 is 0 Å². The molecule has 0 bridgehead atoms. The fraction of sp³-hybridized carbons (Fsp3) is 0.571. The van der Waals surface area contributed by atoms with Gasteiger partial charge in [0.05, 0.1) is 0 Å². The Morgan fingerprint density at radius 2 is 1.83 bits per heavy atom. The summed E-state index contributed by atoms with van der Waals surface area (Å²) in [5.41, 5.74) is -0.0823. The molecule has 0 spiro atoms. The third-order valence-electron chi connectivity index (χ3n) is 3.51. The number of hydrogen-bond donors (Lipinski definition) is 1. The van der Waals surface area contributed by atoms with E-state index in [9.17, 15) is 13.2 Å². The summed E-state index contributed by atoms with van der Waals surface area (Å²) < 4.78 is 40.9. The van der Waals surface area contributed by atoms with E-state index in [1.807, 2.05) is 0 Å². The summed E-state index contributed by atoms with van der Waals surface area (Å²) in [6.45, 7) is 1.72. The molecule has 4 heteroatoms. The van der Waals surface area contributed by atoms with Gasteiger partial charge in [-0.1, -0.05) is 12.1 Å². The standard InChI is InChI=1S/C14H18F3N/c15-13-5-3-12(4-6-13)14(16,17)10-11-2-1-8-18-9-7-11/h3-6,11,18H,1-2,7-10H2. The second-order valence-corrected chi connectivity index (χ2v) is 4.96. The van der Waals surface area contributed by atoms with Crippen molar-refractivity contribution in [3.05, 3.63) is 35.6 Å². The normalized spacial score (nSPS) is 21.6. The van der Waals surface area contributed by atoms with E-state index < -0.39 is 11.7 Å². The van der Waals surface area contributed by atoms with E-state index in [-0.39, 0.29) is 17.9 Å². The molecular formula is C14H18F3N. The van der Waals surface area contributed by atoms with Crippen LogP contribution in [0.25, 0.3) is 0 Å². The third-order valence-corrected chi connectivity index (χ3v) is 3.51. The van der Waals surface area contributed by atoms with Gasteiger partial charge in [-0.05, 0) is 50.4 Å². The molecule has 0 amide bonds. The van der Waals surface area contributed by atoms with Gasteiger partial charge in [0.2, 0.25) is 0 Å². The number of halogens is 3. The van der Waals surface area contributed by atoms with Crippen molar-refractivity contribution >= 4 is 0 Å². The van der Waals surface area contributed by atoms with E-state index in [2.05, 4.69) is 5.32 Å². The molecule has 0 aliphatic carbocycles. The molecule has 0 saturated carbocycles. The first kappa shape index (κ1) is 13.4. The molecule has 100 valence electrons. The van der Waals surface area contributed by atoms with Crippen molar-refractivity contribution in [2.75, 3.05) is 13.1 Å². The van der Waals surface area contributed by atoms with Crippen molar-refractivity contribution < 1.29 is 13.2 Å². The highest BCUT2D eigenvalue weighted by Crippen LogP contribution is 2.37. The summed E-state index contributed by atoms with van der Waals surface area (Å²) in [7, 11) is 0. The van der Waals surface area contributed by atoms with E-state index in [0.29, 0.717) is 0 Å². The van der Waals surface area contributed by atoms with Crippen LogP contribution in [-0.4, -0.2) is 13.1 Å². The van der Waals surface area contributed by atoms with Crippen LogP contribution in [-0.2, 0) is 5.92 Å². The van der Waals surface area contributed by atoms with Crippen LogP contribution in [0.2, 0.25) is 0 Å². The summed E-state index contributed by atoms with van der Waals surface area (Å²) >= 11 is 0. The van der Waals surface area contributed by atoms with Crippen LogP contribution in [0.5, 0.6) is 0 Å². The molecule has 1 saturated heterocycles. The molecule has 1 aromatic carbocycles. The maximum Gasteiger partial charge on any atom is 0.273 e. The first-order valence-electron chi connectivity index (χ1n) is 6.42. The second kappa shape index (κ2) is 5.74. The van der Waals surface area contributed by atoms with Crippen molar-refractivity contribution in [2.24, 2.45) is 5.92 Å². The summed E-state index contributed by atoms with van der Waals surface area (Å²) in [6.07, 6.45) is 2.44. The maximum absolute atomic E-state index is 14.1. The van der Waals surface area contributed by atoms with Gasteiger partial charge in [0.15, 0.2) is 0 Å². The number of nitrogens with one attached hydrogen (secondary N) is 1. The van der Waals surface area contributed by atoms with Crippen LogP contribution < -0.4 is 5.32 Å². The molecule has 1 N–H and O–H groups in total. The zero-order chi connectivity index (χ0) is 13.0. The van der Waals surface area contributed by atoms with Crippen molar-refractivity contribution in [1.82, 2.24) is 5.32 Å². The average molecular weight is 257 g/mol. The Balaban J connectivity index is 2.03. The van der Waals surface area contributed by atoms with Crippen molar-refractivity contribution in [3.63, 3.8) is 0 Å². The monoisotopic (exact) mass is 257 g/mol. The largest absolute Gasteiger partial charge is 0.317 e. The molecule has 0 radical (unpaired) electrons. The van der Waals surface area contributed by atoms with Gasteiger partial charge in [-0.15, -0.1) is 0 Å². The van der Waals surface area contributed by atoms with E-state index in [4.69, 9.17) is 0 Å². The second-order valence-electron chi connectivity index (χ2n) is 4.96. The molecule has 1 unspecified atom stereocenters. The van der Waals surface area contributed by atoms with E-state index in [1.165, 1.54) is 12.1 Å². The van der Waals surface area contributed by atoms with Gasteiger partial charge in [0.25, 0.3) is 5.92 Å². The lowest BCUT2D eigenvalue weighted by atomic mass is 9.90. The average Bonchev–Trinajstić information content (AvgIpc) is 2.57. The van der Waals surface area contributed by atoms with Crippen LogP contribution in [0.4, 0.5) is 13.2 Å². The lowest BCUT2D eigenvalue weighted by Crippen LogP contribution is -2.20. The van der Waals surface area contributed by atoms with Gasteiger partial charge in [0, 0.05) is 12.0 Å². The highest BCUT2D eigenvalue weighted by molar-refractivity contribution is 5.21. The van der Waals surface area contributed by atoms with Crippen LogP contribution in [0.3, 0.4) is 0 Å². The Labute approximate surface area is 105 Å². The molecule has 1 heterocycles. The highest BCUT2D eigenvalue weighted by Gasteiger charge is 2.34. The smallest absolute Gasteiger partial charge is 0.273 e. The molecule has 2 rings (SSSR count). The molecule has 18 heavy (non-hydrogen) atoms. The van der Waals surface area contributed by atoms with Gasteiger partial charge < -0.3 is 5.32 Å². The Kier molecular flexibility index (Phi) is 4.27. The Morgan fingerprint density at radius 3 is 2.56 bits per heavy atom. The molecule has 0 aromatic heterocycles. The summed E-state index contributed by atoms with van der Waals surface area (Å²) in [5.74, 6) is -3.30. The lowest BCUT2D eigenvalue weighted by molar-refractivity contribution is -0.0305. The highest BCUT2D eigenvalue weighted by atomic mass is 19.3. The summed E-state index contributed by atoms with van der Waals surface area (Å²) in [6, 6.07) is 4.56. The van der Waals surface area contributed by atoms with Gasteiger partial charge in [-0.25, -0.2) is 13.2 Å². The van der Waals surface area contributed by atoms with Crippen LogP contribution in [0.1, 0.15) is 31.2 Å². The molecule has 1 aromatic rings. The Bertz CT molecular complexity index is 367. The van der Waals surface area contributed by atoms with Gasteiger partial charge in [-0.2, -0.15) is 0 Å². The Hall–Kier alpha value is -1.03. The lowest BCUT2D eigenvalue weighted by Gasteiger charge is -2.22. The topological polar surface area (TPSA) is 12.0 Å². The minimum atomic E-state index is -2.86. The first-order chi connectivity index (χ1) is 8.58. The number of rotatable bonds is 3. The fourth-order valence-corrected chi connectivity index (χ4v) is 2.47. The van der Waals surface area contributed by atoms with Crippen molar-refractivity contribution in [1.29, 1.82) is 0 Å². The minimum Gasteiger partial charge on any atom is -0.317 e. The molecule has 1 atom stereocenters. The predicted molar refractivity (Wildman–Crippen MR) is 65.1 cm³/mol. The van der Waals surface area contributed by atoms with E-state index in [1.54, 1.807) is 0 Å². The molecule has 1 nitrogen and oxygen atoms in total. The number of benzene rings is 1. The van der Waals surface area contributed by atoms with Gasteiger partial charge >= 0.3 is 0 Å². The third kappa shape index (κ3) is 3.48. The fourth-order valence-electron chi connectivity index (χ4n) is 2.47. The summed E-state index contributed by atoms with van der Waals surface area (Å²) in [4.78, 5) is 0. The quantitative estimate of drug-likeness (QED) is 0.870. The Morgan fingerprint density at radius 1 is 1.11 bits per heavy atom. The maximum atomic E-state index is 14.1. The first-order valence-corrected chi connectivity index (χ1v) is 6.42. The minimum absolute atomic E-state index is 0.0417. The van der Waals surface area contributed by atoms with E-state index in [0.717, 1.165) is 44.5 Å². The zero-order valence-electron chi connectivity index (χ0n) is 10.3. The number of hydrogen-bond acceptors (Lipinski definition) is 1. The van der Waals surface area contributed by atoms with Crippen LogP contribution in [0, 0.1) is 11.7 Å². The zero-order valence-corrected chi connectivity index (χ0v) is 10.3. The predicted octanol–water partition coefficient (Wildman–Crippen LogP) is 3.70. The van der Waals surface area contributed by atoms with Crippen molar-refractivity contribution in [2.45, 2.75) is 31.6 Å². The summed E-state index contributed by atoms with van der Waals surface area (Å²) in [5, 5.41) is 3.22. The van der Waals surface area contributed by atoms with Crippen LogP contribution in [0.15, 0.2) is 24.3 Å². The van der Waals surface area contributed by atoms with E-state index >= 15 is 0 Å². The molecule has 1 fully saturated rings. The molecule has 1 aliphatic rings. The molecular weight excluding hydrogens is 239 g/mol. The molecule has 1 aliphatic heterocycles. The SMILES string of the molecule is Fc1ccc(C(F)(F)CC2CCCNCC2)cc1. The van der Waals surface area contributed by atoms with Gasteiger partial charge in [0.1, 0.15) is 5.82 Å². The van der Waals surface area contributed by atoms with Gasteiger partial charge in [-0.3, -0.25) is 0 Å².